The van der Waals surface area contributed by atoms with Crippen molar-refractivity contribution in [3.63, 3.8) is 0 Å². The van der Waals surface area contributed by atoms with Gasteiger partial charge in [0.15, 0.2) is 0 Å². The fourth-order valence-electron chi connectivity index (χ4n) is 5.91. The highest BCUT2D eigenvalue weighted by molar-refractivity contribution is 9.28. The van der Waals surface area contributed by atoms with Crippen molar-refractivity contribution in [3.05, 3.63) is 57.0 Å². The molecule has 120 valence electrons. The lowest BCUT2D eigenvalue weighted by Crippen LogP contribution is -2.09. The standard InChI is InChI=1S/C21H22Br2/c1-18(2)19(3,4)21(18)16(17(22)23)20(21,5)15-11-10-13-8-6-7-9-14(13)12-15/h6-12H,1-5H3. The molecule has 2 aliphatic rings. The summed E-state index contributed by atoms with van der Waals surface area (Å²) >= 11 is 7.48. The van der Waals surface area contributed by atoms with Crippen molar-refractivity contribution >= 4 is 42.6 Å². The lowest BCUT2D eigenvalue weighted by molar-refractivity contribution is 0.457. The first-order chi connectivity index (χ1) is 10.6. The topological polar surface area (TPSA) is 0 Å². The van der Waals surface area contributed by atoms with E-state index in [9.17, 15) is 0 Å². The molecule has 2 aromatic rings. The molecular formula is C21H22Br2. The molecule has 0 heterocycles. The molecule has 1 spiro atoms. The minimum atomic E-state index is 0.0896. The summed E-state index contributed by atoms with van der Waals surface area (Å²) in [5, 5.41) is 2.64. The fourth-order valence-corrected chi connectivity index (χ4v) is 7.30. The largest absolute Gasteiger partial charge is 0.0616 e. The molecule has 0 nitrogen and oxygen atoms in total. The molecule has 0 aliphatic heterocycles. The van der Waals surface area contributed by atoms with Gasteiger partial charge in [-0.2, -0.15) is 0 Å². The quantitative estimate of drug-likeness (QED) is 0.447. The van der Waals surface area contributed by atoms with Crippen molar-refractivity contribution in [1.82, 2.24) is 0 Å². The Kier molecular flexibility index (Phi) is 2.99. The second-order valence-electron chi connectivity index (χ2n) is 8.32. The molecule has 2 heteroatoms. The number of halogens is 2. The van der Waals surface area contributed by atoms with Crippen LogP contribution >= 0.6 is 31.9 Å². The normalized spacial score (nSPS) is 28.9. The number of allylic oxidation sites excluding steroid dienone is 1. The third-order valence-corrected chi connectivity index (χ3v) is 8.25. The van der Waals surface area contributed by atoms with Crippen LogP contribution in [-0.2, 0) is 5.41 Å². The first kappa shape index (κ1) is 15.9. The zero-order valence-corrected chi connectivity index (χ0v) is 17.5. The van der Waals surface area contributed by atoms with Crippen LogP contribution in [0.25, 0.3) is 10.8 Å². The van der Waals surface area contributed by atoms with Crippen LogP contribution in [0.2, 0.25) is 0 Å². The molecule has 2 aromatic carbocycles. The molecule has 4 rings (SSSR count). The van der Waals surface area contributed by atoms with E-state index in [1.54, 1.807) is 0 Å². The Balaban J connectivity index is 1.95. The third kappa shape index (κ3) is 1.49. The van der Waals surface area contributed by atoms with E-state index in [-0.39, 0.29) is 10.8 Å². The second kappa shape index (κ2) is 4.32. The van der Waals surface area contributed by atoms with Gasteiger partial charge in [-0.1, -0.05) is 77.1 Å². The van der Waals surface area contributed by atoms with E-state index in [2.05, 4.69) is 109 Å². The van der Waals surface area contributed by atoms with Gasteiger partial charge in [-0.15, -0.1) is 0 Å². The van der Waals surface area contributed by atoms with E-state index in [4.69, 9.17) is 0 Å². The number of rotatable bonds is 1. The summed E-state index contributed by atoms with van der Waals surface area (Å²) in [6.45, 7) is 12.1. The summed E-state index contributed by atoms with van der Waals surface area (Å²) < 4.78 is 1.14. The van der Waals surface area contributed by atoms with Crippen LogP contribution in [0, 0.1) is 16.2 Å². The van der Waals surface area contributed by atoms with Crippen molar-refractivity contribution in [2.24, 2.45) is 16.2 Å². The minimum absolute atomic E-state index is 0.0896. The Hall–Kier alpha value is -0.600. The molecule has 1 unspecified atom stereocenters. The van der Waals surface area contributed by atoms with Crippen molar-refractivity contribution in [2.75, 3.05) is 0 Å². The van der Waals surface area contributed by atoms with Crippen LogP contribution in [-0.4, -0.2) is 0 Å². The van der Waals surface area contributed by atoms with E-state index in [1.807, 2.05) is 0 Å². The summed E-state index contributed by atoms with van der Waals surface area (Å²) in [5.41, 5.74) is 3.87. The lowest BCUT2D eigenvalue weighted by Gasteiger charge is -2.14. The second-order valence-corrected chi connectivity index (χ2v) is 11.0. The van der Waals surface area contributed by atoms with Crippen LogP contribution in [0.4, 0.5) is 0 Å². The maximum atomic E-state index is 3.74. The fraction of sp³-hybridized carbons (Fsp3) is 0.429. The van der Waals surface area contributed by atoms with Gasteiger partial charge in [-0.25, -0.2) is 0 Å². The van der Waals surface area contributed by atoms with E-state index < -0.39 is 0 Å². The van der Waals surface area contributed by atoms with Gasteiger partial charge < -0.3 is 0 Å². The maximum Gasteiger partial charge on any atom is 0.0611 e. The Bertz CT molecular complexity index is 854. The molecule has 23 heavy (non-hydrogen) atoms. The van der Waals surface area contributed by atoms with Gasteiger partial charge >= 0.3 is 0 Å². The predicted octanol–water partition coefficient (Wildman–Crippen LogP) is 7.16. The Morgan fingerprint density at radius 1 is 0.783 bits per heavy atom. The van der Waals surface area contributed by atoms with Crippen LogP contribution < -0.4 is 0 Å². The Morgan fingerprint density at radius 3 is 1.83 bits per heavy atom. The molecule has 2 aliphatic carbocycles. The summed E-state index contributed by atoms with van der Waals surface area (Å²) in [6.07, 6.45) is 0. The summed E-state index contributed by atoms with van der Waals surface area (Å²) in [4.78, 5) is 0. The number of hydrogen-bond acceptors (Lipinski definition) is 0. The highest BCUT2D eigenvalue weighted by atomic mass is 79.9. The van der Waals surface area contributed by atoms with Crippen LogP contribution in [0.5, 0.6) is 0 Å². The van der Waals surface area contributed by atoms with Gasteiger partial charge in [-0.3, -0.25) is 0 Å². The van der Waals surface area contributed by atoms with E-state index in [0.29, 0.717) is 10.8 Å². The first-order valence-corrected chi connectivity index (χ1v) is 9.78. The summed E-state index contributed by atoms with van der Waals surface area (Å²) in [6, 6.07) is 15.6. The third-order valence-electron chi connectivity index (χ3n) is 7.45. The maximum absolute atomic E-state index is 3.74. The Labute approximate surface area is 155 Å². The predicted molar refractivity (Wildman–Crippen MR) is 106 cm³/mol. The first-order valence-electron chi connectivity index (χ1n) is 8.19. The number of fused-ring (bicyclic) bond motifs is 1. The molecule has 0 N–H and O–H groups in total. The van der Waals surface area contributed by atoms with Gasteiger partial charge in [0, 0.05) is 10.8 Å². The smallest absolute Gasteiger partial charge is 0.0611 e. The van der Waals surface area contributed by atoms with Crippen LogP contribution in [0.3, 0.4) is 0 Å². The van der Waals surface area contributed by atoms with E-state index in [0.717, 1.165) is 3.39 Å². The van der Waals surface area contributed by atoms with Crippen LogP contribution in [0.15, 0.2) is 51.4 Å². The zero-order chi connectivity index (χ0) is 16.8. The molecule has 0 saturated heterocycles. The number of benzene rings is 2. The van der Waals surface area contributed by atoms with Crippen molar-refractivity contribution < 1.29 is 0 Å². The SMILES string of the molecule is CC1(c2ccc3ccccc3c2)C(=C(Br)Br)C12C(C)(C)C2(C)C. The molecule has 0 radical (unpaired) electrons. The molecule has 0 aromatic heterocycles. The molecule has 0 bridgehead atoms. The highest BCUT2D eigenvalue weighted by Gasteiger charge is 2.95. The van der Waals surface area contributed by atoms with Crippen LogP contribution in [0.1, 0.15) is 40.2 Å². The van der Waals surface area contributed by atoms with Crippen molar-refractivity contribution in [1.29, 1.82) is 0 Å². The van der Waals surface area contributed by atoms with Crippen molar-refractivity contribution in [3.8, 4) is 0 Å². The molecule has 0 amide bonds. The molecule has 2 saturated carbocycles. The van der Waals surface area contributed by atoms with Gasteiger partial charge in [0.2, 0.25) is 0 Å². The Morgan fingerprint density at radius 2 is 1.35 bits per heavy atom. The van der Waals surface area contributed by atoms with E-state index >= 15 is 0 Å². The van der Waals surface area contributed by atoms with Gasteiger partial charge in [0.05, 0.1) is 3.39 Å². The van der Waals surface area contributed by atoms with Crippen molar-refractivity contribution in [2.45, 2.75) is 40.0 Å². The minimum Gasteiger partial charge on any atom is -0.0616 e. The molecule has 1 atom stereocenters. The monoisotopic (exact) mass is 432 g/mol. The average Bonchev–Trinajstić information content (AvgIpc) is 3.21. The number of hydrogen-bond donors (Lipinski definition) is 0. The zero-order valence-electron chi connectivity index (χ0n) is 14.3. The van der Waals surface area contributed by atoms with Gasteiger partial charge in [-0.05, 0) is 64.6 Å². The molecule has 2 fully saturated rings. The van der Waals surface area contributed by atoms with E-state index in [1.165, 1.54) is 21.9 Å². The molecular weight excluding hydrogens is 412 g/mol. The summed E-state index contributed by atoms with van der Waals surface area (Å²) in [5.74, 6) is 0. The lowest BCUT2D eigenvalue weighted by atomic mass is 9.89. The summed E-state index contributed by atoms with van der Waals surface area (Å²) in [7, 11) is 0. The van der Waals surface area contributed by atoms with Gasteiger partial charge in [0.1, 0.15) is 0 Å². The van der Waals surface area contributed by atoms with Gasteiger partial charge in [0.25, 0.3) is 0 Å². The average molecular weight is 434 g/mol. The highest BCUT2D eigenvalue weighted by Crippen LogP contribution is 2.99.